The van der Waals surface area contributed by atoms with Crippen molar-refractivity contribution in [3.05, 3.63) is 72.6 Å². The lowest BCUT2D eigenvalue weighted by Crippen LogP contribution is -2.30. The second-order valence-corrected chi connectivity index (χ2v) is 4.80. The summed E-state index contributed by atoms with van der Waals surface area (Å²) in [7, 11) is 0. The summed E-state index contributed by atoms with van der Waals surface area (Å²) in [6.45, 7) is 1.06. The summed E-state index contributed by atoms with van der Waals surface area (Å²) in [5.74, 6) is 0.616. The van der Waals surface area contributed by atoms with Crippen LogP contribution in [0.3, 0.4) is 0 Å². The zero-order chi connectivity index (χ0) is 12.2. The second kappa shape index (κ2) is 5.13. The first-order chi connectivity index (χ1) is 8.93. The van der Waals surface area contributed by atoms with Crippen molar-refractivity contribution in [2.75, 3.05) is 6.54 Å². The highest BCUT2D eigenvalue weighted by Gasteiger charge is 2.22. The van der Waals surface area contributed by atoms with Gasteiger partial charge in [0.2, 0.25) is 0 Å². The molecule has 1 aromatic carbocycles. The van der Waals surface area contributed by atoms with Crippen LogP contribution in [-0.2, 0) is 0 Å². The smallest absolute Gasteiger partial charge is 0.125 e. The standard InChI is InChI=1S/C16H18N2/c1-3-7-14(8-4-1)13-18-12-11-17-16(18)15-9-5-2-6-10-15/h1-7,9-12,14,16-17H,8,13H2. The van der Waals surface area contributed by atoms with Gasteiger partial charge in [-0.3, -0.25) is 0 Å². The van der Waals surface area contributed by atoms with Gasteiger partial charge in [-0.1, -0.05) is 54.6 Å². The maximum atomic E-state index is 3.42. The summed E-state index contributed by atoms with van der Waals surface area (Å²) in [5, 5.41) is 3.42. The molecule has 2 heteroatoms. The molecule has 2 atom stereocenters. The molecule has 0 bridgehead atoms. The number of hydrogen-bond donors (Lipinski definition) is 1. The van der Waals surface area contributed by atoms with Gasteiger partial charge in [-0.25, -0.2) is 0 Å². The first kappa shape index (κ1) is 11.1. The Labute approximate surface area is 108 Å². The van der Waals surface area contributed by atoms with Crippen molar-refractivity contribution in [3.8, 4) is 0 Å². The van der Waals surface area contributed by atoms with E-state index in [0.717, 1.165) is 13.0 Å². The van der Waals surface area contributed by atoms with E-state index in [-0.39, 0.29) is 6.17 Å². The molecule has 0 amide bonds. The zero-order valence-electron chi connectivity index (χ0n) is 10.4. The number of rotatable bonds is 3. The summed E-state index contributed by atoms with van der Waals surface area (Å²) in [5.41, 5.74) is 1.32. The summed E-state index contributed by atoms with van der Waals surface area (Å²) < 4.78 is 0. The highest BCUT2D eigenvalue weighted by atomic mass is 15.3. The molecule has 0 radical (unpaired) electrons. The largest absolute Gasteiger partial charge is 0.366 e. The molecule has 0 saturated heterocycles. The molecule has 2 nitrogen and oxygen atoms in total. The van der Waals surface area contributed by atoms with Crippen LogP contribution in [0, 0.1) is 5.92 Å². The molecule has 1 heterocycles. The highest BCUT2D eigenvalue weighted by molar-refractivity contribution is 5.22. The van der Waals surface area contributed by atoms with Gasteiger partial charge >= 0.3 is 0 Å². The van der Waals surface area contributed by atoms with E-state index >= 15 is 0 Å². The first-order valence-corrected chi connectivity index (χ1v) is 6.50. The third-order valence-corrected chi connectivity index (χ3v) is 3.48. The minimum Gasteiger partial charge on any atom is -0.366 e. The SMILES string of the molecule is C1=CCC(CN2C=CNC2c2ccccc2)C=C1. The minimum absolute atomic E-state index is 0.283. The molecule has 0 aromatic heterocycles. The van der Waals surface area contributed by atoms with E-state index in [1.54, 1.807) is 0 Å². The molecular formula is C16H18N2. The average molecular weight is 238 g/mol. The van der Waals surface area contributed by atoms with Gasteiger partial charge in [0.15, 0.2) is 0 Å². The molecule has 1 aromatic rings. The second-order valence-electron chi connectivity index (χ2n) is 4.80. The van der Waals surface area contributed by atoms with Crippen LogP contribution < -0.4 is 5.32 Å². The Balaban J connectivity index is 1.69. The molecule has 2 unspecified atom stereocenters. The van der Waals surface area contributed by atoms with Crippen molar-refractivity contribution in [2.45, 2.75) is 12.6 Å². The molecule has 2 aliphatic rings. The fraction of sp³-hybridized carbons (Fsp3) is 0.250. The van der Waals surface area contributed by atoms with Gasteiger partial charge in [0, 0.05) is 18.9 Å². The van der Waals surface area contributed by atoms with Crippen LogP contribution in [0.25, 0.3) is 0 Å². The summed E-state index contributed by atoms with van der Waals surface area (Å²) in [4.78, 5) is 2.38. The van der Waals surface area contributed by atoms with Crippen molar-refractivity contribution in [3.63, 3.8) is 0 Å². The Morgan fingerprint density at radius 1 is 1.17 bits per heavy atom. The summed E-state index contributed by atoms with van der Waals surface area (Å²) >= 11 is 0. The Hall–Kier alpha value is -1.96. The lowest BCUT2D eigenvalue weighted by Gasteiger charge is -2.29. The van der Waals surface area contributed by atoms with Crippen molar-refractivity contribution < 1.29 is 0 Å². The van der Waals surface area contributed by atoms with Gasteiger partial charge in [-0.15, -0.1) is 0 Å². The lowest BCUT2D eigenvalue weighted by molar-refractivity contribution is 0.258. The molecule has 18 heavy (non-hydrogen) atoms. The monoisotopic (exact) mass is 238 g/mol. The molecule has 0 fully saturated rings. The normalized spacial score (nSPS) is 25.4. The zero-order valence-corrected chi connectivity index (χ0v) is 10.4. The number of nitrogens with one attached hydrogen (secondary N) is 1. The van der Waals surface area contributed by atoms with Crippen LogP contribution in [0.15, 0.2) is 67.0 Å². The van der Waals surface area contributed by atoms with Crippen molar-refractivity contribution in [1.82, 2.24) is 10.2 Å². The third kappa shape index (κ3) is 2.33. The van der Waals surface area contributed by atoms with E-state index in [0.29, 0.717) is 5.92 Å². The minimum atomic E-state index is 0.283. The van der Waals surface area contributed by atoms with E-state index in [1.165, 1.54) is 5.56 Å². The summed E-state index contributed by atoms with van der Waals surface area (Å²) in [6, 6.07) is 10.6. The van der Waals surface area contributed by atoms with E-state index in [1.807, 2.05) is 6.20 Å². The fourth-order valence-corrected chi connectivity index (χ4v) is 2.54. The predicted molar refractivity (Wildman–Crippen MR) is 74.6 cm³/mol. The van der Waals surface area contributed by atoms with E-state index < -0.39 is 0 Å². The van der Waals surface area contributed by atoms with Gasteiger partial charge < -0.3 is 10.2 Å². The predicted octanol–water partition coefficient (Wildman–Crippen LogP) is 3.19. The Morgan fingerprint density at radius 3 is 2.83 bits per heavy atom. The third-order valence-electron chi connectivity index (χ3n) is 3.48. The van der Waals surface area contributed by atoms with Gasteiger partial charge in [-0.05, 0) is 17.9 Å². The Morgan fingerprint density at radius 2 is 2.06 bits per heavy atom. The van der Waals surface area contributed by atoms with E-state index in [9.17, 15) is 0 Å². The Bertz CT molecular complexity index is 473. The molecule has 1 N–H and O–H groups in total. The molecule has 0 spiro atoms. The van der Waals surface area contributed by atoms with E-state index in [4.69, 9.17) is 0 Å². The maximum Gasteiger partial charge on any atom is 0.125 e. The van der Waals surface area contributed by atoms with Gasteiger partial charge in [0.05, 0.1) is 0 Å². The van der Waals surface area contributed by atoms with Crippen LogP contribution >= 0.6 is 0 Å². The fourth-order valence-electron chi connectivity index (χ4n) is 2.54. The molecule has 92 valence electrons. The molecule has 0 saturated carbocycles. The van der Waals surface area contributed by atoms with Gasteiger partial charge in [-0.2, -0.15) is 0 Å². The van der Waals surface area contributed by atoms with Crippen LogP contribution in [0.1, 0.15) is 18.2 Å². The average Bonchev–Trinajstić information content (AvgIpc) is 2.89. The molecule has 1 aliphatic carbocycles. The summed E-state index contributed by atoms with van der Waals surface area (Å²) in [6.07, 6.45) is 14.4. The molecular weight excluding hydrogens is 220 g/mol. The van der Waals surface area contributed by atoms with Crippen molar-refractivity contribution in [1.29, 1.82) is 0 Å². The quantitative estimate of drug-likeness (QED) is 0.870. The van der Waals surface area contributed by atoms with Gasteiger partial charge in [0.1, 0.15) is 6.17 Å². The molecule has 3 rings (SSSR count). The van der Waals surface area contributed by atoms with Crippen molar-refractivity contribution >= 4 is 0 Å². The topological polar surface area (TPSA) is 15.3 Å². The first-order valence-electron chi connectivity index (χ1n) is 6.50. The highest BCUT2D eigenvalue weighted by Crippen LogP contribution is 2.25. The van der Waals surface area contributed by atoms with Crippen LogP contribution in [0.2, 0.25) is 0 Å². The number of benzene rings is 1. The van der Waals surface area contributed by atoms with Crippen LogP contribution in [-0.4, -0.2) is 11.4 Å². The number of allylic oxidation sites excluding steroid dienone is 3. The lowest BCUT2D eigenvalue weighted by atomic mass is 10.00. The van der Waals surface area contributed by atoms with Gasteiger partial charge in [0.25, 0.3) is 0 Å². The van der Waals surface area contributed by atoms with Crippen LogP contribution in [0.4, 0.5) is 0 Å². The maximum absolute atomic E-state index is 3.42. The number of nitrogens with zero attached hydrogens (tertiary/aromatic N) is 1. The molecule has 1 aliphatic heterocycles. The number of hydrogen-bond acceptors (Lipinski definition) is 2. The van der Waals surface area contributed by atoms with Crippen molar-refractivity contribution in [2.24, 2.45) is 5.92 Å². The van der Waals surface area contributed by atoms with Crippen LogP contribution in [0.5, 0.6) is 0 Å². The van der Waals surface area contributed by atoms with E-state index in [2.05, 4.69) is 71.1 Å². The Kier molecular flexibility index (Phi) is 3.18.